The number of fused-ring (bicyclic) bond motifs is 3. The van der Waals surface area contributed by atoms with Crippen LogP contribution in [-0.2, 0) is 19.1 Å². The summed E-state index contributed by atoms with van der Waals surface area (Å²) in [5, 5.41) is 0. The third kappa shape index (κ3) is 3.65. The third-order valence-electron chi connectivity index (χ3n) is 5.28. The Kier molecular flexibility index (Phi) is 5.61. The first-order valence-corrected chi connectivity index (χ1v) is 8.76. The molecule has 3 saturated heterocycles. The molecule has 0 saturated carbocycles. The van der Waals surface area contributed by atoms with Crippen molar-refractivity contribution in [2.45, 2.75) is 58.9 Å². The van der Waals surface area contributed by atoms with Crippen LogP contribution in [0.5, 0.6) is 0 Å². The smallest absolute Gasteiger partial charge is 0.308 e. The maximum absolute atomic E-state index is 12.9. The molecular formula is C18H29NO4. The molecule has 3 heterocycles. The number of hydrogen-bond donors (Lipinski definition) is 0. The molecule has 0 aromatic rings. The van der Waals surface area contributed by atoms with Crippen molar-refractivity contribution in [2.75, 3.05) is 19.7 Å². The van der Waals surface area contributed by atoms with Crippen LogP contribution in [0.15, 0.2) is 0 Å². The first kappa shape index (κ1) is 18.1. The zero-order valence-corrected chi connectivity index (χ0v) is 14.8. The third-order valence-corrected chi connectivity index (χ3v) is 5.28. The largest absolute Gasteiger partial charge is 0.463 e. The standard InChI is InChI=1S/C18H29NO4/c1-12(2)15(20)5-8-18(11-23-17(22)13(3)4)16(21)14-6-9-19(18)10-7-14/h12-14H,5-11H2,1-4H3. The summed E-state index contributed by atoms with van der Waals surface area (Å²) < 4.78 is 5.45. The van der Waals surface area contributed by atoms with Gasteiger partial charge in [-0.15, -0.1) is 0 Å². The Morgan fingerprint density at radius 3 is 2.26 bits per heavy atom. The molecular weight excluding hydrogens is 294 g/mol. The lowest BCUT2D eigenvalue weighted by Gasteiger charge is -2.52. The average molecular weight is 323 g/mol. The summed E-state index contributed by atoms with van der Waals surface area (Å²) in [6, 6.07) is 0. The van der Waals surface area contributed by atoms with Gasteiger partial charge in [-0.2, -0.15) is 0 Å². The minimum Gasteiger partial charge on any atom is -0.463 e. The molecule has 0 aliphatic carbocycles. The number of hydrogen-bond acceptors (Lipinski definition) is 5. The molecule has 0 spiro atoms. The zero-order valence-electron chi connectivity index (χ0n) is 14.8. The van der Waals surface area contributed by atoms with E-state index in [0.717, 1.165) is 25.9 Å². The maximum atomic E-state index is 12.9. The number of carbonyl (C=O) groups excluding carboxylic acids is 3. The van der Waals surface area contributed by atoms with Gasteiger partial charge in [0, 0.05) is 18.3 Å². The molecule has 1 atom stereocenters. The minimum atomic E-state index is -0.781. The number of nitrogens with zero attached hydrogens (tertiary/aromatic N) is 1. The first-order chi connectivity index (χ1) is 10.8. The second-order valence-electron chi connectivity index (χ2n) is 7.54. The van der Waals surface area contributed by atoms with E-state index in [4.69, 9.17) is 4.74 Å². The lowest BCUT2D eigenvalue weighted by atomic mass is 9.71. The Labute approximate surface area is 138 Å². The van der Waals surface area contributed by atoms with E-state index in [0.29, 0.717) is 12.8 Å². The fourth-order valence-corrected chi connectivity index (χ4v) is 3.60. The predicted molar refractivity (Wildman–Crippen MR) is 86.9 cm³/mol. The van der Waals surface area contributed by atoms with E-state index >= 15 is 0 Å². The SMILES string of the molecule is CC(C)C(=O)CCC1(COC(=O)C(C)C)C(=O)C2CCN1CC2. The van der Waals surface area contributed by atoms with E-state index in [1.807, 2.05) is 13.8 Å². The van der Waals surface area contributed by atoms with Crippen molar-refractivity contribution in [1.82, 2.24) is 4.90 Å². The number of piperidine rings is 3. The Morgan fingerprint density at radius 2 is 1.78 bits per heavy atom. The van der Waals surface area contributed by atoms with Crippen molar-refractivity contribution in [3.63, 3.8) is 0 Å². The zero-order chi connectivity index (χ0) is 17.2. The van der Waals surface area contributed by atoms with E-state index in [2.05, 4.69) is 4.90 Å². The molecule has 130 valence electrons. The lowest BCUT2D eigenvalue weighted by Crippen LogP contribution is -2.67. The normalized spacial score (nSPS) is 30.1. The summed E-state index contributed by atoms with van der Waals surface area (Å²) in [7, 11) is 0. The van der Waals surface area contributed by atoms with Gasteiger partial charge in [0.2, 0.25) is 0 Å². The summed E-state index contributed by atoms with van der Waals surface area (Å²) in [5.74, 6) is -0.133. The maximum Gasteiger partial charge on any atom is 0.308 e. The first-order valence-electron chi connectivity index (χ1n) is 8.76. The Hall–Kier alpha value is -1.23. The van der Waals surface area contributed by atoms with Gasteiger partial charge in [-0.05, 0) is 32.4 Å². The van der Waals surface area contributed by atoms with Gasteiger partial charge < -0.3 is 4.74 Å². The van der Waals surface area contributed by atoms with Crippen LogP contribution in [0, 0.1) is 17.8 Å². The van der Waals surface area contributed by atoms with Crippen LogP contribution in [0.2, 0.25) is 0 Å². The van der Waals surface area contributed by atoms with E-state index in [-0.39, 0.29) is 41.9 Å². The highest BCUT2D eigenvalue weighted by Crippen LogP contribution is 2.39. The minimum absolute atomic E-state index is 0.0313. The summed E-state index contributed by atoms with van der Waals surface area (Å²) >= 11 is 0. The van der Waals surface area contributed by atoms with Crippen LogP contribution in [0.25, 0.3) is 0 Å². The molecule has 0 aromatic carbocycles. The van der Waals surface area contributed by atoms with E-state index in [1.165, 1.54) is 0 Å². The quantitative estimate of drug-likeness (QED) is 0.672. The topological polar surface area (TPSA) is 63.7 Å². The fourth-order valence-electron chi connectivity index (χ4n) is 3.60. The lowest BCUT2D eigenvalue weighted by molar-refractivity contribution is -0.165. The Morgan fingerprint density at radius 1 is 1.17 bits per heavy atom. The van der Waals surface area contributed by atoms with Crippen molar-refractivity contribution in [1.29, 1.82) is 0 Å². The number of ether oxygens (including phenoxy) is 1. The van der Waals surface area contributed by atoms with Crippen LogP contribution in [0.3, 0.4) is 0 Å². The average Bonchev–Trinajstić information content (AvgIpc) is 2.53. The van der Waals surface area contributed by atoms with Crippen molar-refractivity contribution >= 4 is 17.5 Å². The highest BCUT2D eigenvalue weighted by molar-refractivity contribution is 5.93. The van der Waals surface area contributed by atoms with Gasteiger partial charge in [-0.1, -0.05) is 27.7 Å². The van der Waals surface area contributed by atoms with E-state index in [1.54, 1.807) is 13.8 Å². The Balaban J connectivity index is 2.15. The number of esters is 1. The van der Waals surface area contributed by atoms with Gasteiger partial charge in [0.25, 0.3) is 0 Å². The van der Waals surface area contributed by atoms with Gasteiger partial charge in [0.05, 0.1) is 5.92 Å². The molecule has 5 nitrogen and oxygen atoms in total. The van der Waals surface area contributed by atoms with Crippen molar-refractivity contribution in [3.8, 4) is 0 Å². The monoisotopic (exact) mass is 323 g/mol. The molecule has 3 fully saturated rings. The second kappa shape index (κ2) is 7.12. The number of Topliss-reactive ketones (excluding diaryl/α,β-unsaturated/α-hetero) is 2. The van der Waals surface area contributed by atoms with Crippen molar-refractivity contribution < 1.29 is 19.1 Å². The van der Waals surface area contributed by atoms with Gasteiger partial charge in [0.1, 0.15) is 17.9 Å². The van der Waals surface area contributed by atoms with Gasteiger partial charge >= 0.3 is 5.97 Å². The summed E-state index contributed by atoms with van der Waals surface area (Å²) in [6.07, 6.45) is 2.60. The molecule has 1 unspecified atom stereocenters. The molecule has 5 heteroatoms. The molecule has 2 bridgehead atoms. The summed E-state index contributed by atoms with van der Waals surface area (Å²) in [4.78, 5) is 39.0. The van der Waals surface area contributed by atoms with Gasteiger partial charge in [-0.25, -0.2) is 0 Å². The molecule has 3 rings (SSSR count). The highest BCUT2D eigenvalue weighted by atomic mass is 16.5. The second-order valence-corrected chi connectivity index (χ2v) is 7.54. The van der Waals surface area contributed by atoms with Gasteiger partial charge in [-0.3, -0.25) is 19.3 Å². The molecule has 3 aliphatic rings. The van der Waals surface area contributed by atoms with Crippen molar-refractivity contribution in [2.24, 2.45) is 17.8 Å². The molecule has 3 aliphatic heterocycles. The molecule has 0 amide bonds. The fraction of sp³-hybridized carbons (Fsp3) is 0.833. The van der Waals surface area contributed by atoms with Crippen LogP contribution < -0.4 is 0 Å². The van der Waals surface area contributed by atoms with Gasteiger partial charge in [0.15, 0.2) is 5.78 Å². The predicted octanol–water partition coefficient (Wildman–Crippen LogP) is 2.22. The van der Waals surface area contributed by atoms with Crippen LogP contribution in [0.4, 0.5) is 0 Å². The molecule has 0 aromatic heterocycles. The molecule has 23 heavy (non-hydrogen) atoms. The number of ketones is 2. The summed E-state index contributed by atoms with van der Waals surface area (Å²) in [6.45, 7) is 9.12. The number of rotatable bonds is 7. The van der Waals surface area contributed by atoms with Crippen LogP contribution in [-0.4, -0.2) is 47.7 Å². The van der Waals surface area contributed by atoms with Crippen LogP contribution >= 0.6 is 0 Å². The molecule has 0 radical (unpaired) electrons. The number of carbonyl (C=O) groups is 3. The Bertz CT molecular complexity index is 451. The van der Waals surface area contributed by atoms with Crippen molar-refractivity contribution in [3.05, 3.63) is 0 Å². The summed E-state index contributed by atoms with van der Waals surface area (Å²) in [5.41, 5.74) is -0.781. The van der Waals surface area contributed by atoms with Crippen LogP contribution in [0.1, 0.15) is 53.4 Å². The molecule has 0 N–H and O–H groups in total. The van der Waals surface area contributed by atoms with E-state index < -0.39 is 5.54 Å². The van der Waals surface area contributed by atoms with E-state index in [9.17, 15) is 14.4 Å². The highest BCUT2D eigenvalue weighted by Gasteiger charge is 2.53.